The van der Waals surface area contributed by atoms with E-state index in [1.54, 1.807) is 0 Å². The van der Waals surface area contributed by atoms with Crippen LogP contribution in [0.1, 0.15) is 15.9 Å². The SMILES string of the molecule is [C-]#[N+]c1ccc(NC(=O)Nc2ccc(C(=O)NC)c(F)c2)cc1C(F)(F)F. The minimum atomic E-state index is -4.76. The van der Waals surface area contributed by atoms with Gasteiger partial charge >= 0.3 is 12.2 Å². The van der Waals surface area contributed by atoms with Gasteiger partial charge in [-0.3, -0.25) is 4.79 Å². The molecule has 0 atom stereocenters. The van der Waals surface area contributed by atoms with Crippen LogP contribution in [0, 0.1) is 12.4 Å². The van der Waals surface area contributed by atoms with Gasteiger partial charge in [0, 0.05) is 18.4 Å². The molecule has 0 spiro atoms. The molecule has 27 heavy (non-hydrogen) atoms. The number of benzene rings is 2. The van der Waals surface area contributed by atoms with Gasteiger partial charge in [0.25, 0.3) is 5.91 Å². The van der Waals surface area contributed by atoms with Crippen LogP contribution in [0.2, 0.25) is 0 Å². The van der Waals surface area contributed by atoms with Crippen molar-refractivity contribution in [2.75, 3.05) is 17.7 Å². The molecule has 0 radical (unpaired) electrons. The number of amides is 3. The van der Waals surface area contributed by atoms with Gasteiger partial charge in [0.05, 0.1) is 17.7 Å². The summed E-state index contributed by atoms with van der Waals surface area (Å²) in [5.41, 5.74) is -2.22. The maximum atomic E-state index is 13.8. The van der Waals surface area contributed by atoms with Crippen LogP contribution < -0.4 is 16.0 Å². The fraction of sp³-hybridized carbons (Fsp3) is 0.118. The average Bonchev–Trinajstić information content (AvgIpc) is 2.60. The van der Waals surface area contributed by atoms with Gasteiger partial charge in [-0.15, -0.1) is 0 Å². The van der Waals surface area contributed by atoms with E-state index >= 15 is 0 Å². The summed E-state index contributed by atoms with van der Waals surface area (Å²) < 4.78 is 52.6. The Labute approximate surface area is 151 Å². The lowest BCUT2D eigenvalue weighted by Crippen LogP contribution is -2.21. The molecule has 2 aromatic rings. The highest BCUT2D eigenvalue weighted by atomic mass is 19.4. The van der Waals surface area contributed by atoms with Gasteiger partial charge in [-0.1, -0.05) is 6.07 Å². The van der Waals surface area contributed by atoms with Crippen molar-refractivity contribution in [3.8, 4) is 0 Å². The number of alkyl halides is 3. The maximum Gasteiger partial charge on any atom is 0.407 e. The van der Waals surface area contributed by atoms with Gasteiger partial charge in [0.2, 0.25) is 0 Å². The summed E-state index contributed by atoms with van der Waals surface area (Å²) >= 11 is 0. The molecule has 3 amide bonds. The molecule has 140 valence electrons. The van der Waals surface area contributed by atoms with Crippen LogP contribution in [0.4, 0.5) is 39.4 Å². The first-order valence-corrected chi connectivity index (χ1v) is 7.34. The number of hydrogen-bond donors (Lipinski definition) is 3. The van der Waals surface area contributed by atoms with Crippen molar-refractivity contribution >= 4 is 29.0 Å². The highest BCUT2D eigenvalue weighted by Crippen LogP contribution is 2.38. The minimum absolute atomic E-state index is 0.00789. The number of rotatable bonds is 3. The van der Waals surface area contributed by atoms with E-state index < -0.39 is 35.2 Å². The molecule has 2 aromatic carbocycles. The Morgan fingerprint density at radius 1 is 1.04 bits per heavy atom. The molecule has 0 unspecified atom stereocenters. The molecule has 10 heteroatoms. The normalized spacial score (nSPS) is 10.7. The van der Waals surface area contributed by atoms with E-state index in [0.29, 0.717) is 6.07 Å². The van der Waals surface area contributed by atoms with Gasteiger partial charge < -0.3 is 16.0 Å². The number of nitrogens with one attached hydrogen (secondary N) is 3. The fourth-order valence-corrected chi connectivity index (χ4v) is 2.14. The quantitative estimate of drug-likeness (QED) is 0.545. The highest BCUT2D eigenvalue weighted by molar-refractivity contribution is 6.00. The number of carbonyl (C=O) groups is 2. The molecule has 0 saturated carbocycles. The largest absolute Gasteiger partial charge is 0.407 e. The Hall–Kier alpha value is -3.61. The lowest BCUT2D eigenvalue weighted by molar-refractivity contribution is -0.136. The number of nitrogens with zero attached hydrogens (tertiary/aromatic N) is 1. The molecule has 0 aliphatic rings. The molecule has 0 aliphatic carbocycles. The van der Waals surface area contributed by atoms with E-state index in [-0.39, 0.29) is 16.9 Å². The number of carbonyl (C=O) groups excluding carboxylic acids is 2. The first-order valence-electron chi connectivity index (χ1n) is 7.34. The molecule has 0 bridgehead atoms. The molecule has 0 aliphatic heterocycles. The average molecular weight is 380 g/mol. The van der Waals surface area contributed by atoms with Crippen molar-refractivity contribution in [3.05, 3.63) is 64.8 Å². The topological polar surface area (TPSA) is 74.6 Å². The van der Waals surface area contributed by atoms with E-state index in [1.165, 1.54) is 13.1 Å². The Kier molecular flexibility index (Phi) is 5.65. The number of urea groups is 1. The number of hydrogen-bond acceptors (Lipinski definition) is 2. The molecule has 0 aromatic heterocycles. The number of halogens is 4. The van der Waals surface area contributed by atoms with Crippen LogP contribution in [-0.4, -0.2) is 19.0 Å². The van der Waals surface area contributed by atoms with Gasteiger partial charge in [-0.2, -0.15) is 13.2 Å². The van der Waals surface area contributed by atoms with Gasteiger partial charge in [-0.05, 0) is 30.3 Å². The minimum Gasteiger partial charge on any atom is -0.355 e. The van der Waals surface area contributed by atoms with Crippen molar-refractivity contribution in [2.45, 2.75) is 6.18 Å². The van der Waals surface area contributed by atoms with E-state index in [0.717, 1.165) is 24.3 Å². The number of anilines is 2. The van der Waals surface area contributed by atoms with Crippen molar-refractivity contribution in [2.24, 2.45) is 0 Å². The zero-order valence-corrected chi connectivity index (χ0v) is 13.7. The van der Waals surface area contributed by atoms with E-state index in [1.807, 2.05) is 0 Å². The third-order valence-corrected chi connectivity index (χ3v) is 3.38. The molecular weight excluding hydrogens is 368 g/mol. The Morgan fingerprint density at radius 3 is 2.15 bits per heavy atom. The highest BCUT2D eigenvalue weighted by Gasteiger charge is 2.33. The molecule has 6 nitrogen and oxygen atoms in total. The second kappa shape index (κ2) is 7.74. The lowest BCUT2D eigenvalue weighted by Gasteiger charge is -2.13. The summed E-state index contributed by atoms with van der Waals surface area (Å²) in [6, 6.07) is 5.08. The smallest absolute Gasteiger partial charge is 0.355 e. The Balaban J connectivity index is 2.16. The van der Waals surface area contributed by atoms with Crippen molar-refractivity contribution in [3.63, 3.8) is 0 Å². The first kappa shape index (κ1) is 19.7. The van der Waals surface area contributed by atoms with Gasteiger partial charge in [0.1, 0.15) is 5.82 Å². The molecular formula is C17H12F4N4O2. The summed E-state index contributed by atoms with van der Waals surface area (Å²) in [5, 5.41) is 6.66. The van der Waals surface area contributed by atoms with E-state index in [9.17, 15) is 27.2 Å². The van der Waals surface area contributed by atoms with Crippen LogP contribution in [0.5, 0.6) is 0 Å². The monoisotopic (exact) mass is 380 g/mol. The molecule has 0 heterocycles. The maximum absolute atomic E-state index is 13.8. The van der Waals surface area contributed by atoms with Crippen LogP contribution >= 0.6 is 0 Å². The Bertz CT molecular complexity index is 936. The van der Waals surface area contributed by atoms with Gasteiger partial charge in [0.15, 0.2) is 5.69 Å². The summed E-state index contributed by atoms with van der Waals surface area (Å²) in [7, 11) is 1.33. The predicted molar refractivity (Wildman–Crippen MR) is 90.1 cm³/mol. The van der Waals surface area contributed by atoms with Crippen molar-refractivity contribution < 1.29 is 27.2 Å². The summed E-state index contributed by atoms with van der Waals surface area (Å²) in [5.74, 6) is -1.53. The second-order valence-electron chi connectivity index (χ2n) is 5.19. The zero-order chi connectivity index (χ0) is 20.2. The summed E-state index contributed by atoms with van der Waals surface area (Å²) in [6.45, 7) is 6.77. The molecule has 0 saturated heterocycles. The third-order valence-electron chi connectivity index (χ3n) is 3.38. The van der Waals surface area contributed by atoms with E-state index in [4.69, 9.17) is 6.57 Å². The Morgan fingerprint density at radius 2 is 1.63 bits per heavy atom. The first-order chi connectivity index (χ1) is 12.7. The summed E-state index contributed by atoms with van der Waals surface area (Å²) in [6.07, 6.45) is -4.76. The van der Waals surface area contributed by atoms with Crippen LogP contribution in [0.3, 0.4) is 0 Å². The van der Waals surface area contributed by atoms with Crippen LogP contribution in [0.15, 0.2) is 36.4 Å². The predicted octanol–water partition coefficient (Wildman–Crippen LogP) is 4.40. The lowest BCUT2D eigenvalue weighted by atomic mass is 10.1. The van der Waals surface area contributed by atoms with Crippen LogP contribution in [0.25, 0.3) is 4.85 Å². The molecule has 0 fully saturated rings. The standard InChI is InChI=1S/C17H12F4N4O2/c1-22-14-6-4-9(7-12(14)17(19,20)21)24-16(27)25-10-3-5-11(13(18)8-10)15(26)23-2/h3-8H,2H3,(H,23,26)(H2,24,25,27). The van der Waals surface area contributed by atoms with Crippen LogP contribution in [-0.2, 0) is 6.18 Å². The van der Waals surface area contributed by atoms with E-state index in [2.05, 4.69) is 20.8 Å². The third kappa shape index (κ3) is 4.72. The van der Waals surface area contributed by atoms with Crippen molar-refractivity contribution in [1.29, 1.82) is 0 Å². The van der Waals surface area contributed by atoms with Crippen molar-refractivity contribution in [1.82, 2.24) is 5.32 Å². The molecule has 3 N–H and O–H groups in total. The fourth-order valence-electron chi connectivity index (χ4n) is 2.14. The van der Waals surface area contributed by atoms with Gasteiger partial charge in [-0.25, -0.2) is 14.0 Å². The summed E-state index contributed by atoms with van der Waals surface area (Å²) in [4.78, 5) is 26.1. The second-order valence-corrected chi connectivity index (χ2v) is 5.19. The zero-order valence-electron chi connectivity index (χ0n) is 13.7. The molecule has 2 rings (SSSR count).